The maximum Gasteiger partial charge on any atom is 0.194 e. The van der Waals surface area contributed by atoms with Gasteiger partial charge in [-0.2, -0.15) is 0 Å². The van der Waals surface area contributed by atoms with Crippen LogP contribution in [0.15, 0.2) is 34.9 Å². The van der Waals surface area contributed by atoms with E-state index in [1.165, 1.54) is 12.3 Å². The zero-order valence-corrected chi connectivity index (χ0v) is 6.93. The van der Waals surface area contributed by atoms with Crippen LogP contribution in [0.4, 0.5) is 13.2 Å². The molecule has 0 bridgehead atoms. The average molecular weight is 198 g/mol. The lowest BCUT2D eigenvalue weighted by Crippen LogP contribution is -1.90. The van der Waals surface area contributed by atoms with Gasteiger partial charge in [-0.3, -0.25) is 0 Å². The number of halogens is 3. The van der Waals surface area contributed by atoms with Crippen LogP contribution in [0, 0.1) is 17.5 Å². The van der Waals surface area contributed by atoms with Crippen LogP contribution < -0.4 is 0 Å². The zero-order chi connectivity index (χ0) is 10.1. The predicted molar refractivity (Wildman–Crippen MR) is 44.0 cm³/mol. The molecule has 0 saturated carbocycles. The number of furan rings is 1. The number of hydrogen-bond acceptors (Lipinski definition) is 1. The summed E-state index contributed by atoms with van der Waals surface area (Å²) in [7, 11) is 0. The molecule has 2 rings (SSSR count). The predicted octanol–water partition coefficient (Wildman–Crippen LogP) is 3.36. The summed E-state index contributed by atoms with van der Waals surface area (Å²) < 4.78 is 43.0. The van der Waals surface area contributed by atoms with E-state index in [4.69, 9.17) is 4.42 Å². The Hall–Kier alpha value is -1.71. The normalized spacial score (nSPS) is 10.5. The molecule has 0 N–H and O–H groups in total. The smallest absolute Gasteiger partial charge is 0.194 e. The molecule has 4 heteroatoms. The van der Waals surface area contributed by atoms with E-state index in [0.29, 0.717) is 5.76 Å². The lowest BCUT2D eigenvalue weighted by Gasteiger charge is -1.99. The van der Waals surface area contributed by atoms with Gasteiger partial charge in [-0.15, -0.1) is 0 Å². The Morgan fingerprint density at radius 3 is 2.14 bits per heavy atom. The second-order valence-electron chi connectivity index (χ2n) is 2.73. The first-order chi connectivity index (χ1) is 6.68. The van der Waals surface area contributed by atoms with Crippen molar-refractivity contribution >= 4 is 0 Å². The summed E-state index contributed by atoms with van der Waals surface area (Å²) in [5.41, 5.74) is 0.173. The molecule has 1 aromatic heterocycles. The molecule has 1 heterocycles. The van der Waals surface area contributed by atoms with Crippen molar-refractivity contribution in [2.75, 3.05) is 0 Å². The molecule has 0 unspecified atom stereocenters. The molecule has 0 amide bonds. The van der Waals surface area contributed by atoms with Crippen LogP contribution in [0.2, 0.25) is 0 Å². The molecule has 0 fully saturated rings. The summed E-state index contributed by atoms with van der Waals surface area (Å²) in [5.74, 6) is -3.63. The molecular formula is C10H5F3O. The standard InChI is InChI=1S/C10H5F3O/c11-7-4-6(5-8(12)10(7)13)9-2-1-3-14-9/h1-5H. The molecule has 72 valence electrons. The van der Waals surface area contributed by atoms with Gasteiger partial charge >= 0.3 is 0 Å². The van der Waals surface area contributed by atoms with Crippen LogP contribution in [0.25, 0.3) is 11.3 Å². The van der Waals surface area contributed by atoms with Crippen LogP contribution >= 0.6 is 0 Å². The van der Waals surface area contributed by atoms with Gasteiger partial charge in [-0.1, -0.05) is 0 Å². The summed E-state index contributed by atoms with van der Waals surface area (Å²) in [6.07, 6.45) is 1.37. The van der Waals surface area contributed by atoms with E-state index in [1.54, 1.807) is 6.07 Å². The van der Waals surface area contributed by atoms with Crippen molar-refractivity contribution in [3.63, 3.8) is 0 Å². The molecule has 0 aliphatic carbocycles. The van der Waals surface area contributed by atoms with E-state index >= 15 is 0 Å². The lowest BCUT2D eigenvalue weighted by molar-refractivity contribution is 0.447. The van der Waals surface area contributed by atoms with Gasteiger partial charge in [0.15, 0.2) is 17.5 Å². The SMILES string of the molecule is Fc1cc(-c2ccco2)cc(F)c1F. The van der Waals surface area contributed by atoms with Crippen molar-refractivity contribution in [1.82, 2.24) is 0 Å². The van der Waals surface area contributed by atoms with E-state index in [2.05, 4.69) is 0 Å². The zero-order valence-electron chi connectivity index (χ0n) is 6.93. The Bertz CT molecular complexity index is 425. The maximum atomic E-state index is 12.8. The third kappa shape index (κ3) is 1.39. The molecule has 0 aliphatic heterocycles. The van der Waals surface area contributed by atoms with Crippen LogP contribution in [-0.2, 0) is 0 Å². The fourth-order valence-corrected chi connectivity index (χ4v) is 1.14. The van der Waals surface area contributed by atoms with E-state index in [0.717, 1.165) is 12.1 Å². The molecule has 0 atom stereocenters. The second-order valence-corrected chi connectivity index (χ2v) is 2.73. The van der Waals surface area contributed by atoms with Gasteiger partial charge in [0.2, 0.25) is 0 Å². The Balaban J connectivity index is 2.57. The van der Waals surface area contributed by atoms with Crippen LogP contribution in [0.3, 0.4) is 0 Å². The van der Waals surface area contributed by atoms with E-state index in [1.807, 2.05) is 0 Å². The quantitative estimate of drug-likeness (QED) is 0.640. The maximum absolute atomic E-state index is 12.8. The minimum absolute atomic E-state index is 0.173. The van der Waals surface area contributed by atoms with Crippen molar-refractivity contribution in [1.29, 1.82) is 0 Å². The molecule has 0 aliphatic rings. The lowest BCUT2D eigenvalue weighted by atomic mass is 10.1. The Morgan fingerprint density at radius 1 is 1.00 bits per heavy atom. The summed E-state index contributed by atoms with van der Waals surface area (Å²) in [5, 5.41) is 0. The molecule has 14 heavy (non-hydrogen) atoms. The summed E-state index contributed by atoms with van der Waals surface area (Å²) in [6, 6.07) is 4.88. The van der Waals surface area contributed by atoms with Crippen molar-refractivity contribution in [2.24, 2.45) is 0 Å². The van der Waals surface area contributed by atoms with Gasteiger partial charge in [0, 0.05) is 5.56 Å². The van der Waals surface area contributed by atoms with Crippen LogP contribution in [-0.4, -0.2) is 0 Å². The molecule has 0 saturated heterocycles. The fourth-order valence-electron chi connectivity index (χ4n) is 1.14. The number of hydrogen-bond donors (Lipinski definition) is 0. The summed E-state index contributed by atoms with van der Waals surface area (Å²) in [6.45, 7) is 0. The average Bonchev–Trinajstić information content (AvgIpc) is 2.66. The van der Waals surface area contributed by atoms with Gasteiger partial charge in [-0.05, 0) is 24.3 Å². The van der Waals surface area contributed by atoms with Gasteiger partial charge in [0.25, 0.3) is 0 Å². The van der Waals surface area contributed by atoms with Crippen molar-refractivity contribution < 1.29 is 17.6 Å². The van der Waals surface area contributed by atoms with Gasteiger partial charge < -0.3 is 4.42 Å². The topological polar surface area (TPSA) is 13.1 Å². The first-order valence-electron chi connectivity index (χ1n) is 3.87. The molecule has 0 radical (unpaired) electrons. The van der Waals surface area contributed by atoms with Gasteiger partial charge in [-0.25, -0.2) is 13.2 Å². The van der Waals surface area contributed by atoms with E-state index in [-0.39, 0.29) is 5.56 Å². The molecule has 1 nitrogen and oxygen atoms in total. The first-order valence-corrected chi connectivity index (χ1v) is 3.87. The third-order valence-corrected chi connectivity index (χ3v) is 1.79. The highest BCUT2D eigenvalue weighted by molar-refractivity contribution is 5.57. The van der Waals surface area contributed by atoms with Crippen LogP contribution in [0.1, 0.15) is 0 Å². The fraction of sp³-hybridized carbons (Fsp3) is 0. The van der Waals surface area contributed by atoms with Gasteiger partial charge in [0.1, 0.15) is 5.76 Å². The van der Waals surface area contributed by atoms with E-state index < -0.39 is 17.5 Å². The minimum atomic E-state index is -1.47. The van der Waals surface area contributed by atoms with E-state index in [9.17, 15) is 13.2 Å². The number of rotatable bonds is 1. The third-order valence-electron chi connectivity index (χ3n) is 1.79. The summed E-state index contributed by atoms with van der Waals surface area (Å²) >= 11 is 0. The monoisotopic (exact) mass is 198 g/mol. The Kier molecular flexibility index (Phi) is 2.04. The molecule has 0 spiro atoms. The summed E-state index contributed by atoms with van der Waals surface area (Å²) in [4.78, 5) is 0. The molecular weight excluding hydrogens is 193 g/mol. The Morgan fingerprint density at radius 2 is 1.64 bits per heavy atom. The highest BCUT2D eigenvalue weighted by Crippen LogP contribution is 2.23. The second kappa shape index (κ2) is 3.21. The largest absolute Gasteiger partial charge is 0.464 e. The highest BCUT2D eigenvalue weighted by Gasteiger charge is 2.12. The minimum Gasteiger partial charge on any atom is -0.464 e. The molecule has 1 aromatic carbocycles. The highest BCUT2D eigenvalue weighted by atomic mass is 19.2. The van der Waals surface area contributed by atoms with Crippen molar-refractivity contribution in [2.45, 2.75) is 0 Å². The Labute approximate surface area is 77.8 Å². The first kappa shape index (κ1) is 8.87. The molecule has 2 aromatic rings. The van der Waals surface area contributed by atoms with Crippen molar-refractivity contribution in [3.8, 4) is 11.3 Å². The van der Waals surface area contributed by atoms with Crippen molar-refractivity contribution in [3.05, 3.63) is 48.0 Å². The number of benzene rings is 1. The van der Waals surface area contributed by atoms with Crippen LogP contribution in [0.5, 0.6) is 0 Å². The van der Waals surface area contributed by atoms with Gasteiger partial charge in [0.05, 0.1) is 6.26 Å².